The number of benzene rings is 1. The van der Waals surface area contributed by atoms with Crippen molar-refractivity contribution in [3.63, 3.8) is 0 Å². The Kier molecular flexibility index (Phi) is 7.03. The maximum Gasteiger partial charge on any atom is 0.341 e. The molecule has 146 valence electrons. The van der Waals surface area contributed by atoms with Crippen molar-refractivity contribution in [2.45, 2.75) is 19.9 Å². The Morgan fingerprint density at radius 1 is 1.33 bits per heavy atom. The smallest absolute Gasteiger partial charge is 0.341 e. The number of carboxylic acids is 1. The van der Waals surface area contributed by atoms with E-state index < -0.39 is 24.6 Å². The first-order valence-corrected chi connectivity index (χ1v) is 9.16. The van der Waals surface area contributed by atoms with Gasteiger partial charge in [-0.25, -0.2) is 9.59 Å². The standard InChI is InChI=1S/C17H19BrN2O6S/c1-4-25-11-6-9(5-10(18)15(11)26-7-12(21)22)14-13(16(23)24-3)8(2)19-17(27)20-14/h5-6,14H,4,7H2,1-3H3,(H,21,22)(H2,19,20,27)/t14-/m1/s1. The lowest BCUT2D eigenvalue weighted by molar-refractivity contribution is -0.139. The largest absolute Gasteiger partial charge is 0.490 e. The number of nitrogens with one attached hydrogen (secondary N) is 2. The number of methoxy groups -OCH3 is 1. The van der Waals surface area contributed by atoms with Crippen LogP contribution in [0, 0.1) is 0 Å². The van der Waals surface area contributed by atoms with Crippen molar-refractivity contribution >= 4 is 45.2 Å². The number of carboxylic acid groups (broad SMARTS) is 1. The van der Waals surface area contributed by atoms with Gasteiger partial charge in [0.15, 0.2) is 23.2 Å². The Bertz CT molecular complexity index is 811. The Balaban J connectivity index is 2.53. The lowest BCUT2D eigenvalue weighted by atomic mass is 9.95. The Hall–Kier alpha value is -2.33. The number of halogens is 1. The van der Waals surface area contributed by atoms with E-state index >= 15 is 0 Å². The third kappa shape index (κ3) is 4.89. The first kappa shape index (κ1) is 21.0. The minimum atomic E-state index is -1.11. The molecule has 0 bridgehead atoms. The third-order valence-corrected chi connectivity index (χ3v) is 4.49. The summed E-state index contributed by atoms with van der Waals surface area (Å²) in [5.41, 5.74) is 1.62. The highest BCUT2D eigenvalue weighted by Crippen LogP contribution is 2.40. The molecular formula is C17H19BrN2O6S. The highest BCUT2D eigenvalue weighted by atomic mass is 79.9. The summed E-state index contributed by atoms with van der Waals surface area (Å²) in [5, 5.41) is 15.2. The van der Waals surface area contributed by atoms with Gasteiger partial charge >= 0.3 is 11.9 Å². The number of carbonyl (C=O) groups is 2. The van der Waals surface area contributed by atoms with Crippen LogP contribution in [0.25, 0.3) is 0 Å². The molecule has 0 unspecified atom stereocenters. The van der Waals surface area contributed by atoms with E-state index in [-0.39, 0.29) is 5.75 Å². The number of carbonyl (C=O) groups excluding carboxylic acids is 1. The molecule has 2 rings (SSSR count). The molecule has 1 heterocycles. The van der Waals surface area contributed by atoms with Crippen molar-refractivity contribution in [1.29, 1.82) is 0 Å². The fourth-order valence-corrected chi connectivity index (χ4v) is 3.46. The summed E-state index contributed by atoms with van der Waals surface area (Å²) in [6.07, 6.45) is 0. The molecule has 3 N–H and O–H groups in total. The molecule has 10 heteroatoms. The number of hydrogen-bond donors (Lipinski definition) is 3. The number of rotatable bonds is 7. The first-order valence-electron chi connectivity index (χ1n) is 7.95. The predicted molar refractivity (Wildman–Crippen MR) is 105 cm³/mol. The first-order chi connectivity index (χ1) is 12.8. The fourth-order valence-electron chi connectivity index (χ4n) is 2.62. The number of hydrogen-bond acceptors (Lipinski definition) is 6. The maximum absolute atomic E-state index is 12.3. The van der Waals surface area contributed by atoms with Crippen LogP contribution in [0.3, 0.4) is 0 Å². The lowest BCUT2D eigenvalue weighted by Gasteiger charge is -2.30. The van der Waals surface area contributed by atoms with Gasteiger partial charge in [-0.3, -0.25) is 0 Å². The average Bonchev–Trinajstić information content (AvgIpc) is 2.59. The zero-order chi connectivity index (χ0) is 20.1. The second kappa shape index (κ2) is 9.05. The summed E-state index contributed by atoms with van der Waals surface area (Å²) in [5.74, 6) is -0.998. The Morgan fingerprint density at radius 3 is 2.63 bits per heavy atom. The molecule has 1 aromatic rings. The number of ether oxygens (including phenoxy) is 3. The normalized spacial score (nSPS) is 16.3. The van der Waals surface area contributed by atoms with Crippen molar-refractivity contribution in [2.24, 2.45) is 0 Å². The highest BCUT2D eigenvalue weighted by Gasteiger charge is 2.31. The minimum absolute atomic E-state index is 0.264. The van der Waals surface area contributed by atoms with Gasteiger partial charge < -0.3 is 30.0 Å². The molecule has 0 amide bonds. The van der Waals surface area contributed by atoms with Crippen LogP contribution in [0.5, 0.6) is 11.5 Å². The second-order valence-electron chi connectivity index (χ2n) is 5.51. The third-order valence-electron chi connectivity index (χ3n) is 3.68. The van der Waals surface area contributed by atoms with Crippen LogP contribution in [0.4, 0.5) is 0 Å². The summed E-state index contributed by atoms with van der Waals surface area (Å²) < 4.78 is 16.3. The average molecular weight is 459 g/mol. The van der Waals surface area contributed by atoms with Crippen molar-refractivity contribution in [2.75, 3.05) is 20.3 Å². The topological polar surface area (TPSA) is 106 Å². The van der Waals surface area contributed by atoms with Gasteiger partial charge in [-0.05, 0) is 59.7 Å². The molecule has 8 nitrogen and oxygen atoms in total. The zero-order valence-corrected chi connectivity index (χ0v) is 17.3. The van der Waals surface area contributed by atoms with E-state index in [1.807, 2.05) is 0 Å². The molecule has 0 saturated heterocycles. The van der Waals surface area contributed by atoms with E-state index in [1.165, 1.54) is 7.11 Å². The summed E-state index contributed by atoms with van der Waals surface area (Å²) in [4.78, 5) is 23.1. The van der Waals surface area contributed by atoms with Gasteiger partial charge in [0.05, 0.1) is 29.8 Å². The van der Waals surface area contributed by atoms with Crippen LogP contribution in [-0.2, 0) is 14.3 Å². The van der Waals surface area contributed by atoms with Gasteiger partial charge in [0.1, 0.15) is 0 Å². The molecule has 1 aliphatic rings. The molecule has 0 saturated carbocycles. The lowest BCUT2D eigenvalue weighted by Crippen LogP contribution is -2.45. The van der Waals surface area contributed by atoms with E-state index in [9.17, 15) is 9.59 Å². The van der Waals surface area contributed by atoms with Crippen LogP contribution in [0.1, 0.15) is 25.5 Å². The van der Waals surface area contributed by atoms with E-state index in [1.54, 1.807) is 26.0 Å². The van der Waals surface area contributed by atoms with E-state index in [0.717, 1.165) is 0 Å². The SMILES string of the molecule is CCOc1cc([C@H]2NC(=S)NC(C)=C2C(=O)OC)cc(Br)c1OCC(=O)O. The van der Waals surface area contributed by atoms with Gasteiger partial charge in [0.2, 0.25) is 0 Å². The van der Waals surface area contributed by atoms with Crippen LogP contribution in [-0.4, -0.2) is 42.5 Å². The minimum Gasteiger partial charge on any atom is -0.490 e. The van der Waals surface area contributed by atoms with Crippen LogP contribution in [0.2, 0.25) is 0 Å². The Labute approximate surface area is 170 Å². The molecule has 1 aromatic carbocycles. The summed E-state index contributed by atoms with van der Waals surface area (Å²) in [6, 6.07) is 2.81. The van der Waals surface area contributed by atoms with Crippen LogP contribution >= 0.6 is 28.1 Å². The number of aliphatic carboxylic acids is 1. The zero-order valence-electron chi connectivity index (χ0n) is 14.9. The van der Waals surface area contributed by atoms with Crippen molar-refractivity contribution < 1.29 is 28.9 Å². The maximum atomic E-state index is 12.3. The second-order valence-corrected chi connectivity index (χ2v) is 6.77. The molecule has 0 fully saturated rings. The molecule has 0 aliphatic carbocycles. The molecule has 0 radical (unpaired) electrons. The molecule has 1 aliphatic heterocycles. The van der Waals surface area contributed by atoms with E-state index in [2.05, 4.69) is 26.6 Å². The van der Waals surface area contributed by atoms with Gasteiger partial charge in [-0.2, -0.15) is 0 Å². The van der Waals surface area contributed by atoms with E-state index in [4.69, 9.17) is 31.5 Å². The summed E-state index contributed by atoms with van der Waals surface area (Å²) in [7, 11) is 1.30. The van der Waals surface area contributed by atoms with Gasteiger partial charge in [0.25, 0.3) is 0 Å². The molecule has 0 spiro atoms. The van der Waals surface area contributed by atoms with E-state index in [0.29, 0.717) is 38.8 Å². The molecule has 27 heavy (non-hydrogen) atoms. The molecule has 1 atom stereocenters. The molecule has 0 aromatic heterocycles. The quantitative estimate of drug-likeness (QED) is 0.418. The van der Waals surface area contributed by atoms with Crippen LogP contribution < -0.4 is 20.1 Å². The highest BCUT2D eigenvalue weighted by molar-refractivity contribution is 9.10. The van der Waals surface area contributed by atoms with Gasteiger partial charge in [-0.15, -0.1) is 0 Å². The monoisotopic (exact) mass is 458 g/mol. The van der Waals surface area contributed by atoms with Crippen molar-refractivity contribution in [3.05, 3.63) is 33.4 Å². The fraction of sp³-hybridized carbons (Fsp3) is 0.353. The number of thiocarbonyl (C=S) groups is 1. The summed E-state index contributed by atoms with van der Waals surface area (Å²) in [6.45, 7) is 3.36. The van der Waals surface area contributed by atoms with Crippen molar-refractivity contribution in [1.82, 2.24) is 10.6 Å². The van der Waals surface area contributed by atoms with Crippen LogP contribution in [0.15, 0.2) is 27.9 Å². The van der Waals surface area contributed by atoms with Gasteiger partial charge in [0, 0.05) is 5.70 Å². The predicted octanol–water partition coefficient (Wildman–Crippen LogP) is 2.28. The van der Waals surface area contributed by atoms with Crippen molar-refractivity contribution in [3.8, 4) is 11.5 Å². The molecular weight excluding hydrogens is 440 g/mol. The number of esters is 1. The number of allylic oxidation sites excluding steroid dienone is 1. The Morgan fingerprint density at radius 2 is 2.04 bits per heavy atom. The van der Waals surface area contributed by atoms with Gasteiger partial charge in [-0.1, -0.05) is 0 Å². The summed E-state index contributed by atoms with van der Waals surface area (Å²) >= 11 is 8.59.